The minimum Gasteiger partial charge on any atom is -0.457 e. The molecule has 0 heterocycles. The molecular formula is C28H42O2. The van der Waals surface area contributed by atoms with Crippen molar-refractivity contribution in [2.24, 2.45) is 0 Å². The molecule has 0 aromatic carbocycles. The maximum Gasteiger partial charge on any atom is 0.330 e. The molecule has 0 rings (SSSR count). The first-order valence-electron chi connectivity index (χ1n) is 11.2. The van der Waals surface area contributed by atoms with Crippen molar-refractivity contribution >= 4 is 5.97 Å². The summed E-state index contributed by atoms with van der Waals surface area (Å²) in [6, 6.07) is 0. The standard InChI is InChI=1S/C28H42O2/c1-5-6-7-8-9-10-11-12-13-14-15-16-17-18-19-20-21-22-23-24-25-26-27(29)30-28(2,3)4/h6-7,9-10,12-13,15-16,18-19,21-22,25-26H,5,8,11,14,17,20,23-24H2,1-4H3/b7-6+,10-9+,13-12+,16-15+,19-18+,22-21+,26-25+. The van der Waals surface area contributed by atoms with Crippen molar-refractivity contribution in [3.05, 3.63) is 85.1 Å². The van der Waals surface area contributed by atoms with Gasteiger partial charge in [-0.05, 0) is 72.1 Å². The van der Waals surface area contributed by atoms with E-state index < -0.39 is 5.60 Å². The number of esters is 1. The van der Waals surface area contributed by atoms with Gasteiger partial charge in [0.05, 0.1) is 0 Å². The number of ether oxygens (including phenoxy) is 1. The largest absolute Gasteiger partial charge is 0.457 e. The lowest BCUT2D eigenvalue weighted by Crippen LogP contribution is -2.22. The third-order valence-corrected chi connectivity index (χ3v) is 3.76. The summed E-state index contributed by atoms with van der Waals surface area (Å²) < 4.78 is 5.21. The molecule has 166 valence electrons. The molecule has 2 heteroatoms. The molecule has 0 aliphatic carbocycles. The molecule has 2 nitrogen and oxygen atoms in total. The third-order valence-electron chi connectivity index (χ3n) is 3.76. The molecule has 0 saturated carbocycles. The zero-order valence-electron chi connectivity index (χ0n) is 19.6. The fourth-order valence-electron chi connectivity index (χ4n) is 2.35. The van der Waals surface area contributed by atoms with Crippen LogP contribution in [0, 0.1) is 0 Å². The van der Waals surface area contributed by atoms with Crippen molar-refractivity contribution in [3.63, 3.8) is 0 Å². The second kappa shape index (κ2) is 19.9. The summed E-state index contributed by atoms with van der Waals surface area (Å²) in [5.74, 6) is -0.273. The highest BCUT2D eigenvalue weighted by Crippen LogP contribution is 2.07. The monoisotopic (exact) mass is 410 g/mol. The molecule has 0 atom stereocenters. The van der Waals surface area contributed by atoms with Crippen molar-refractivity contribution in [3.8, 4) is 0 Å². The van der Waals surface area contributed by atoms with E-state index >= 15 is 0 Å². The highest BCUT2D eigenvalue weighted by atomic mass is 16.6. The van der Waals surface area contributed by atoms with Gasteiger partial charge in [-0.3, -0.25) is 0 Å². The van der Waals surface area contributed by atoms with E-state index in [4.69, 9.17) is 4.74 Å². The van der Waals surface area contributed by atoms with Gasteiger partial charge in [-0.1, -0.05) is 85.9 Å². The molecular weight excluding hydrogens is 368 g/mol. The van der Waals surface area contributed by atoms with Crippen LogP contribution in [0.15, 0.2) is 85.1 Å². The van der Waals surface area contributed by atoms with Gasteiger partial charge in [-0.2, -0.15) is 0 Å². The SMILES string of the molecule is CC/C=C/C/C=C/C/C=C/C/C=C/C/C=C/C/C=C/CC/C=C/C(=O)OC(C)(C)C. The molecule has 0 radical (unpaired) electrons. The van der Waals surface area contributed by atoms with E-state index in [1.807, 2.05) is 26.8 Å². The summed E-state index contributed by atoms with van der Waals surface area (Å²) in [5.41, 5.74) is -0.428. The Morgan fingerprint density at radius 3 is 1.37 bits per heavy atom. The van der Waals surface area contributed by atoms with Crippen LogP contribution in [-0.4, -0.2) is 11.6 Å². The quantitative estimate of drug-likeness (QED) is 0.117. The zero-order valence-corrected chi connectivity index (χ0v) is 19.6. The molecule has 0 saturated heterocycles. The van der Waals surface area contributed by atoms with Crippen molar-refractivity contribution in [2.45, 2.75) is 84.7 Å². The second-order valence-corrected chi connectivity index (χ2v) is 7.93. The number of allylic oxidation sites excluding steroid dienone is 13. The summed E-state index contributed by atoms with van der Waals surface area (Å²) in [7, 11) is 0. The first-order valence-corrected chi connectivity index (χ1v) is 11.2. The van der Waals surface area contributed by atoms with Crippen LogP contribution in [0.25, 0.3) is 0 Å². The highest BCUT2D eigenvalue weighted by Gasteiger charge is 2.13. The van der Waals surface area contributed by atoms with Gasteiger partial charge in [0, 0.05) is 6.08 Å². The molecule has 0 spiro atoms. The number of carbonyl (C=O) groups excluding carboxylic acids is 1. The summed E-state index contributed by atoms with van der Waals surface area (Å²) >= 11 is 0. The number of hydrogen-bond acceptors (Lipinski definition) is 2. The smallest absolute Gasteiger partial charge is 0.330 e. The van der Waals surface area contributed by atoms with E-state index in [1.165, 1.54) is 6.08 Å². The van der Waals surface area contributed by atoms with Crippen LogP contribution in [0.5, 0.6) is 0 Å². The molecule has 0 fully saturated rings. The van der Waals surface area contributed by atoms with Gasteiger partial charge in [-0.15, -0.1) is 0 Å². The normalized spacial score (nSPS) is 13.6. The Morgan fingerprint density at radius 1 is 0.600 bits per heavy atom. The Balaban J connectivity index is 3.64. The van der Waals surface area contributed by atoms with Crippen molar-refractivity contribution < 1.29 is 9.53 Å². The van der Waals surface area contributed by atoms with Gasteiger partial charge in [-0.25, -0.2) is 4.79 Å². The summed E-state index contributed by atoms with van der Waals surface area (Å²) in [5, 5.41) is 0. The first kappa shape index (κ1) is 27.6. The topological polar surface area (TPSA) is 26.3 Å². The molecule has 0 amide bonds. The Labute approximate surface area is 185 Å². The molecule has 0 N–H and O–H groups in total. The molecule has 0 aromatic rings. The minimum atomic E-state index is -0.428. The van der Waals surface area contributed by atoms with Crippen LogP contribution < -0.4 is 0 Å². The molecule has 0 aromatic heterocycles. The number of hydrogen-bond donors (Lipinski definition) is 0. The van der Waals surface area contributed by atoms with E-state index in [0.29, 0.717) is 0 Å². The summed E-state index contributed by atoms with van der Waals surface area (Å²) in [6.45, 7) is 7.77. The second-order valence-electron chi connectivity index (χ2n) is 7.93. The van der Waals surface area contributed by atoms with E-state index in [0.717, 1.165) is 51.4 Å². The van der Waals surface area contributed by atoms with Gasteiger partial charge in [0.25, 0.3) is 0 Å². The molecule has 30 heavy (non-hydrogen) atoms. The van der Waals surface area contributed by atoms with Gasteiger partial charge in [0.15, 0.2) is 0 Å². The predicted molar refractivity (Wildman–Crippen MR) is 132 cm³/mol. The van der Waals surface area contributed by atoms with Crippen LogP contribution in [0.2, 0.25) is 0 Å². The first-order chi connectivity index (χ1) is 14.5. The lowest BCUT2D eigenvalue weighted by Gasteiger charge is -2.17. The van der Waals surface area contributed by atoms with Crippen LogP contribution in [0.4, 0.5) is 0 Å². The van der Waals surface area contributed by atoms with Gasteiger partial charge >= 0.3 is 5.97 Å². The Kier molecular flexibility index (Phi) is 18.4. The van der Waals surface area contributed by atoms with E-state index in [2.05, 4.69) is 79.8 Å². The molecule has 0 bridgehead atoms. The van der Waals surface area contributed by atoms with Crippen molar-refractivity contribution in [1.29, 1.82) is 0 Å². The Bertz CT molecular complexity index is 620. The summed E-state index contributed by atoms with van der Waals surface area (Å²) in [4.78, 5) is 11.5. The predicted octanol–water partition coefficient (Wildman–Crippen LogP) is 8.36. The number of rotatable bonds is 15. The van der Waals surface area contributed by atoms with Crippen LogP contribution in [0.3, 0.4) is 0 Å². The Morgan fingerprint density at radius 2 is 0.967 bits per heavy atom. The maximum atomic E-state index is 11.5. The minimum absolute atomic E-state index is 0.273. The number of unbranched alkanes of at least 4 members (excludes halogenated alkanes) is 1. The average Bonchev–Trinajstić information content (AvgIpc) is 2.68. The van der Waals surface area contributed by atoms with Crippen molar-refractivity contribution in [2.75, 3.05) is 0 Å². The van der Waals surface area contributed by atoms with E-state index in [1.54, 1.807) is 0 Å². The van der Waals surface area contributed by atoms with Crippen molar-refractivity contribution in [1.82, 2.24) is 0 Å². The zero-order chi connectivity index (χ0) is 22.3. The maximum absolute atomic E-state index is 11.5. The molecule has 0 aliphatic rings. The lowest BCUT2D eigenvalue weighted by molar-refractivity contribution is -0.148. The fraction of sp³-hybridized carbons (Fsp3) is 0.464. The van der Waals surface area contributed by atoms with Gasteiger partial charge < -0.3 is 4.74 Å². The molecule has 0 aliphatic heterocycles. The Hall–Kier alpha value is -2.35. The summed E-state index contributed by atoms with van der Waals surface area (Å²) in [6.07, 6.45) is 37.6. The van der Waals surface area contributed by atoms with Gasteiger partial charge in [0.2, 0.25) is 0 Å². The van der Waals surface area contributed by atoms with Crippen LogP contribution in [-0.2, 0) is 9.53 Å². The van der Waals surface area contributed by atoms with Crippen LogP contribution >= 0.6 is 0 Å². The average molecular weight is 411 g/mol. The van der Waals surface area contributed by atoms with Crippen LogP contribution in [0.1, 0.15) is 79.1 Å². The fourth-order valence-corrected chi connectivity index (χ4v) is 2.35. The van der Waals surface area contributed by atoms with Gasteiger partial charge in [0.1, 0.15) is 5.60 Å². The highest BCUT2D eigenvalue weighted by molar-refractivity contribution is 5.82. The lowest BCUT2D eigenvalue weighted by atomic mass is 10.2. The third kappa shape index (κ3) is 23.7. The van der Waals surface area contributed by atoms with E-state index in [9.17, 15) is 4.79 Å². The number of carbonyl (C=O) groups is 1. The van der Waals surface area contributed by atoms with E-state index in [-0.39, 0.29) is 5.97 Å². The molecule has 0 unspecified atom stereocenters.